The van der Waals surface area contributed by atoms with Crippen LogP contribution in [0.25, 0.3) is 0 Å². The van der Waals surface area contributed by atoms with Gasteiger partial charge in [0.15, 0.2) is 0 Å². The molecular weight excluding hydrogens is 382 g/mol. The summed E-state index contributed by atoms with van der Waals surface area (Å²) in [4.78, 5) is 37.9. The summed E-state index contributed by atoms with van der Waals surface area (Å²) >= 11 is 0. The lowest BCUT2D eigenvalue weighted by Gasteiger charge is -2.25. The monoisotopic (exact) mass is 409 g/mol. The largest absolute Gasteiger partial charge is 0.478 e. The normalized spacial score (nSPS) is 16.8. The molecule has 0 saturated carbocycles. The minimum atomic E-state index is -0.990. The van der Waals surface area contributed by atoms with Crippen LogP contribution in [0.4, 0.5) is 0 Å². The molecule has 158 valence electrons. The van der Waals surface area contributed by atoms with E-state index in [4.69, 9.17) is 10.8 Å². The molecule has 0 aromatic heterocycles. The van der Waals surface area contributed by atoms with Crippen molar-refractivity contribution in [1.82, 2.24) is 10.2 Å². The van der Waals surface area contributed by atoms with Crippen molar-refractivity contribution in [1.29, 1.82) is 0 Å². The number of carboxylic acids is 1. The fraction of sp³-hybridized carbons (Fsp3) is 0.348. The fourth-order valence-electron chi connectivity index (χ4n) is 3.74. The number of nitrogens with two attached hydrogens (primary N) is 1. The number of aromatic carboxylic acids is 1. The van der Waals surface area contributed by atoms with Gasteiger partial charge in [-0.3, -0.25) is 9.59 Å². The zero-order valence-corrected chi connectivity index (χ0v) is 16.8. The summed E-state index contributed by atoms with van der Waals surface area (Å²) in [5, 5.41) is 11.8. The summed E-state index contributed by atoms with van der Waals surface area (Å²) in [6.07, 6.45) is 2.23. The molecule has 0 radical (unpaired) electrons. The van der Waals surface area contributed by atoms with E-state index >= 15 is 0 Å². The summed E-state index contributed by atoms with van der Waals surface area (Å²) in [6, 6.07) is 15.4. The van der Waals surface area contributed by atoms with Gasteiger partial charge < -0.3 is 21.1 Å². The first-order chi connectivity index (χ1) is 14.4. The van der Waals surface area contributed by atoms with E-state index in [2.05, 4.69) is 5.32 Å². The molecule has 1 fully saturated rings. The number of hydrogen-bond donors (Lipinski definition) is 3. The lowest BCUT2D eigenvalue weighted by molar-refractivity contribution is -0.138. The van der Waals surface area contributed by atoms with Gasteiger partial charge in [0.25, 0.3) is 0 Å². The fourth-order valence-corrected chi connectivity index (χ4v) is 3.74. The Balaban J connectivity index is 1.51. The molecule has 3 rings (SSSR count). The third kappa shape index (κ3) is 5.67. The zero-order chi connectivity index (χ0) is 21.5. The van der Waals surface area contributed by atoms with E-state index in [1.165, 1.54) is 12.1 Å². The summed E-state index contributed by atoms with van der Waals surface area (Å²) in [7, 11) is 0. The van der Waals surface area contributed by atoms with Crippen molar-refractivity contribution < 1.29 is 19.5 Å². The number of likely N-dealkylation sites (tertiary alicyclic amines) is 1. The number of hydrogen-bond acceptors (Lipinski definition) is 4. The molecule has 0 aliphatic carbocycles. The Morgan fingerprint density at radius 3 is 2.43 bits per heavy atom. The highest BCUT2D eigenvalue weighted by atomic mass is 16.4. The molecule has 2 aromatic rings. The first-order valence-corrected chi connectivity index (χ1v) is 10.1. The molecule has 7 heteroatoms. The molecule has 7 nitrogen and oxygen atoms in total. The predicted octanol–water partition coefficient (Wildman–Crippen LogP) is 1.95. The summed E-state index contributed by atoms with van der Waals surface area (Å²) in [6.45, 7) is 0.840. The van der Waals surface area contributed by atoms with E-state index in [9.17, 15) is 14.4 Å². The van der Waals surface area contributed by atoms with Crippen LogP contribution >= 0.6 is 0 Å². The van der Waals surface area contributed by atoms with Gasteiger partial charge in [0.2, 0.25) is 11.8 Å². The number of nitrogens with zero attached hydrogens (tertiary/aromatic N) is 1. The number of carboxylic acid groups (broad SMARTS) is 1. The van der Waals surface area contributed by atoms with Gasteiger partial charge in [-0.25, -0.2) is 4.79 Å². The molecular formula is C23H27N3O4. The van der Waals surface area contributed by atoms with Crippen LogP contribution in [0.1, 0.15) is 40.7 Å². The second-order valence-electron chi connectivity index (χ2n) is 7.62. The summed E-state index contributed by atoms with van der Waals surface area (Å²) < 4.78 is 0. The highest BCUT2D eigenvalue weighted by Gasteiger charge is 2.34. The molecule has 1 heterocycles. The third-order valence-electron chi connectivity index (χ3n) is 5.32. The van der Waals surface area contributed by atoms with Crippen LogP contribution in [0.15, 0.2) is 54.6 Å². The highest BCUT2D eigenvalue weighted by molar-refractivity contribution is 5.89. The Morgan fingerprint density at radius 1 is 1.07 bits per heavy atom. The molecule has 2 atom stereocenters. The van der Waals surface area contributed by atoms with Crippen molar-refractivity contribution in [3.63, 3.8) is 0 Å². The average molecular weight is 409 g/mol. The Kier molecular flexibility index (Phi) is 7.19. The molecule has 1 saturated heterocycles. The van der Waals surface area contributed by atoms with Crippen molar-refractivity contribution in [3.8, 4) is 0 Å². The molecule has 30 heavy (non-hydrogen) atoms. The third-order valence-corrected chi connectivity index (χ3v) is 5.32. The number of benzene rings is 2. The lowest BCUT2D eigenvalue weighted by atomic mass is 10.0. The summed E-state index contributed by atoms with van der Waals surface area (Å²) in [5.41, 5.74) is 8.26. The molecule has 4 N–H and O–H groups in total. The van der Waals surface area contributed by atoms with Crippen molar-refractivity contribution in [2.45, 2.75) is 44.3 Å². The average Bonchev–Trinajstić information content (AvgIpc) is 3.23. The maximum Gasteiger partial charge on any atom is 0.335 e. The van der Waals surface area contributed by atoms with Crippen LogP contribution in [-0.4, -0.2) is 46.4 Å². The summed E-state index contributed by atoms with van der Waals surface area (Å²) in [5.74, 6) is -1.28. The van der Waals surface area contributed by atoms with Crippen LogP contribution in [0.2, 0.25) is 0 Å². The van der Waals surface area contributed by atoms with Gasteiger partial charge in [-0.05, 0) is 42.5 Å². The predicted molar refractivity (Wildman–Crippen MR) is 113 cm³/mol. The van der Waals surface area contributed by atoms with Crippen LogP contribution in [0.3, 0.4) is 0 Å². The molecule has 0 spiro atoms. The van der Waals surface area contributed by atoms with E-state index in [0.717, 1.165) is 17.5 Å². The smallest absolute Gasteiger partial charge is 0.335 e. The first kappa shape index (κ1) is 21.5. The van der Waals surface area contributed by atoms with Crippen LogP contribution in [0.5, 0.6) is 0 Å². The minimum absolute atomic E-state index is 0.0955. The number of carbonyl (C=O) groups is 3. The standard InChI is InChI=1S/C23H27N3O4/c24-19(13-16-5-2-1-3-6-16)14-21(27)26-12-4-7-20(26)22(28)25-15-17-8-10-18(11-9-17)23(29)30/h1-3,5-6,8-11,19-20H,4,7,12-15,24H2,(H,25,28)(H,29,30)/t19-,20+/m1/s1. The SMILES string of the molecule is N[C@@H](CC(=O)N1CCC[C@H]1C(=O)NCc1ccc(C(=O)O)cc1)Cc1ccccc1. The molecule has 0 unspecified atom stereocenters. The highest BCUT2D eigenvalue weighted by Crippen LogP contribution is 2.19. The van der Waals surface area contributed by atoms with Gasteiger partial charge in [0, 0.05) is 25.6 Å². The van der Waals surface area contributed by atoms with Gasteiger partial charge in [-0.1, -0.05) is 42.5 Å². The molecule has 0 bridgehead atoms. The molecule has 2 aromatic carbocycles. The van der Waals surface area contributed by atoms with Gasteiger partial charge in [0.1, 0.15) is 6.04 Å². The number of amides is 2. The number of carbonyl (C=O) groups excluding carboxylic acids is 2. The molecule has 2 amide bonds. The number of nitrogens with one attached hydrogen (secondary N) is 1. The van der Waals surface area contributed by atoms with Gasteiger partial charge in [-0.2, -0.15) is 0 Å². The van der Waals surface area contributed by atoms with Crippen molar-refractivity contribution >= 4 is 17.8 Å². The van der Waals surface area contributed by atoms with Gasteiger partial charge in [0.05, 0.1) is 5.56 Å². The minimum Gasteiger partial charge on any atom is -0.478 e. The van der Waals surface area contributed by atoms with E-state index in [1.54, 1.807) is 17.0 Å². The van der Waals surface area contributed by atoms with Gasteiger partial charge in [-0.15, -0.1) is 0 Å². The first-order valence-electron chi connectivity index (χ1n) is 10.1. The second-order valence-corrected chi connectivity index (χ2v) is 7.62. The van der Waals surface area contributed by atoms with Crippen LogP contribution in [0, 0.1) is 0 Å². The van der Waals surface area contributed by atoms with E-state index in [0.29, 0.717) is 19.4 Å². The van der Waals surface area contributed by atoms with E-state index in [-0.39, 0.29) is 36.4 Å². The molecule has 1 aliphatic heterocycles. The van der Waals surface area contributed by atoms with E-state index < -0.39 is 12.0 Å². The maximum absolute atomic E-state index is 12.7. The zero-order valence-electron chi connectivity index (χ0n) is 16.8. The van der Waals surface area contributed by atoms with Crippen LogP contribution in [-0.2, 0) is 22.6 Å². The Morgan fingerprint density at radius 2 is 1.77 bits per heavy atom. The van der Waals surface area contributed by atoms with Crippen molar-refractivity contribution in [3.05, 3.63) is 71.3 Å². The van der Waals surface area contributed by atoms with Crippen LogP contribution < -0.4 is 11.1 Å². The number of rotatable bonds is 8. The Hall–Kier alpha value is -3.19. The topological polar surface area (TPSA) is 113 Å². The van der Waals surface area contributed by atoms with Gasteiger partial charge >= 0.3 is 5.97 Å². The maximum atomic E-state index is 12.7. The Bertz CT molecular complexity index is 883. The quantitative estimate of drug-likeness (QED) is 0.617. The second kappa shape index (κ2) is 10.0. The van der Waals surface area contributed by atoms with Crippen molar-refractivity contribution in [2.75, 3.05) is 6.54 Å². The Labute approximate surface area is 175 Å². The molecule has 1 aliphatic rings. The lowest BCUT2D eigenvalue weighted by Crippen LogP contribution is -2.47. The van der Waals surface area contributed by atoms with Crippen molar-refractivity contribution in [2.24, 2.45) is 5.73 Å². The van der Waals surface area contributed by atoms with E-state index in [1.807, 2.05) is 30.3 Å².